The Kier molecular flexibility index (Phi) is 5.69. The van der Waals surface area contributed by atoms with Gasteiger partial charge in [-0.2, -0.15) is 5.26 Å². The van der Waals surface area contributed by atoms with E-state index in [9.17, 15) is 9.59 Å². The molecule has 2 aromatic carbocycles. The van der Waals surface area contributed by atoms with Crippen molar-refractivity contribution in [2.45, 2.75) is 19.8 Å². The first-order valence-electron chi connectivity index (χ1n) is 7.64. The third kappa shape index (κ3) is 4.43. The smallest absolute Gasteiger partial charge is 0.258 e. The van der Waals surface area contributed by atoms with Gasteiger partial charge >= 0.3 is 0 Å². The Bertz CT molecular complexity index is 793. The molecule has 122 valence electrons. The third-order valence-corrected chi connectivity index (χ3v) is 3.60. The quantitative estimate of drug-likeness (QED) is 0.887. The number of nitrogens with two attached hydrogens (primary N) is 1. The van der Waals surface area contributed by atoms with E-state index in [-0.39, 0.29) is 25.3 Å². The topological polar surface area (TPSA) is 87.2 Å². The molecule has 2 N–H and O–H groups in total. The lowest BCUT2D eigenvalue weighted by molar-refractivity contribution is -0.117. The highest BCUT2D eigenvalue weighted by Crippen LogP contribution is 2.20. The summed E-state index contributed by atoms with van der Waals surface area (Å²) < 4.78 is 0. The van der Waals surface area contributed by atoms with Crippen LogP contribution in [0.1, 0.15) is 27.9 Å². The number of hydrogen-bond donors (Lipinski definition) is 1. The van der Waals surface area contributed by atoms with E-state index in [1.165, 1.54) is 0 Å². The van der Waals surface area contributed by atoms with Gasteiger partial charge in [0.1, 0.15) is 0 Å². The molecule has 5 heteroatoms. The molecule has 0 aliphatic rings. The minimum Gasteiger partial charge on any atom is -0.370 e. The number of amides is 2. The molecular weight excluding hydrogens is 302 g/mol. The van der Waals surface area contributed by atoms with E-state index < -0.39 is 5.91 Å². The summed E-state index contributed by atoms with van der Waals surface area (Å²) in [5, 5.41) is 8.82. The molecule has 24 heavy (non-hydrogen) atoms. The second-order valence-electron chi connectivity index (χ2n) is 5.55. The first-order chi connectivity index (χ1) is 11.5. The Labute approximate surface area is 141 Å². The fraction of sp³-hybridized carbons (Fsp3) is 0.211. The molecule has 0 radical (unpaired) electrons. The average molecular weight is 321 g/mol. The summed E-state index contributed by atoms with van der Waals surface area (Å²) in [6.07, 6.45) is 0.324. The second-order valence-corrected chi connectivity index (χ2v) is 5.55. The molecule has 0 heterocycles. The molecule has 0 unspecified atom stereocenters. The molecule has 2 rings (SSSR count). The molecular formula is C19H19N3O2. The Morgan fingerprint density at radius 2 is 1.92 bits per heavy atom. The molecule has 0 saturated carbocycles. The minimum absolute atomic E-state index is 0.0809. The summed E-state index contributed by atoms with van der Waals surface area (Å²) in [6.45, 7) is 2.15. The number of rotatable bonds is 6. The molecule has 0 bridgehead atoms. The van der Waals surface area contributed by atoms with E-state index in [1.54, 1.807) is 29.2 Å². The van der Waals surface area contributed by atoms with Crippen molar-refractivity contribution in [2.24, 2.45) is 5.73 Å². The maximum Gasteiger partial charge on any atom is 0.258 e. The van der Waals surface area contributed by atoms with E-state index in [1.807, 2.05) is 31.2 Å². The van der Waals surface area contributed by atoms with E-state index in [4.69, 9.17) is 11.0 Å². The largest absolute Gasteiger partial charge is 0.370 e. The lowest BCUT2D eigenvalue weighted by Crippen LogP contribution is -2.34. The van der Waals surface area contributed by atoms with Crippen LogP contribution in [0.3, 0.4) is 0 Å². The Morgan fingerprint density at radius 3 is 2.58 bits per heavy atom. The number of anilines is 1. The predicted octanol–water partition coefficient (Wildman–Crippen LogP) is 2.58. The van der Waals surface area contributed by atoms with Gasteiger partial charge in [0.05, 0.1) is 12.5 Å². The number of nitriles is 1. The number of hydrogen-bond acceptors (Lipinski definition) is 3. The van der Waals surface area contributed by atoms with Gasteiger partial charge in [-0.25, -0.2) is 0 Å². The first kappa shape index (κ1) is 17.2. The van der Waals surface area contributed by atoms with Gasteiger partial charge in [-0.3, -0.25) is 9.59 Å². The van der Waals surface area contributed by atoms with Crippen LogP contribution in [-0.2, 0) is 11.2 Å². The number of carbonyl (C=O) groups is 2. The van der Waals surface area contributed by atoms with Gasteiger partial charge in [-0.15, -0.1) is 0 Å². The Hall–Kier alpha value is -3.13. The summed E-state index contributed by atoms with van der Waals surface area (Å²) in [6, 6.07) is 16.6. The summed E-state index contributed by atoms with van der Waals surface area (Å²) >= 11 is 0. The van der Waals surface area contributed by atoms with E-state index in [0.29, 0.717) is 11.3 Å². The molecule has 2 amide bonds. The van der Waals surface area contributed by atoms with Crippen molar-refractivity contribution < 1.29 is 9.59 Å². The van der Waals surface area contributed by atoms with Crippen molar-refractivity contribution in [2.75, 3.05) is 11.4 Å². The highest BCUT2D eigenvalue weighted by molar-refractivity contribution is 6.06. The van der Waals surface area contributed by atoms with Crippen LogP contribution < -0.4 is 10.6 Å². The van der Waals surface area contributed by atoms with Gasteiger partial charge < -0.3 is 10.6 Å². The highest BCUT2D eigenvalue weighted by Gasteiger charge is 2.18. The normalized spacial score (nSPS) is 10.0. The van der Waals surface area contributed by atoms with Crippen LogP contribution in [-0.4, -0.2) is 18.4 Å². The number of primary amides is 1. The zero-order valence-electron chi connectivity index (χ0n) is 13.5. The number of nitrogens with zero attached hydrogens (tertiary/aromatic N) is 2. The molecule has 0 aromatic heterocycles. The molecule has 0 fully saturated rings. The molecule has 0 saturated heterocycles. The average Bonchev–Trinajstić information content (AvgIpc) is 2.55. The second kappa shape index (κ2) is 7.93. The summed E-state index contributed by atoms with van der Waals surface area (Å²) in [7, 11) is 0. The minimum atomic E-state index is -0.460. The Morgan fingerprint density at radius 1 is 1.17 bits per heavy atom. The van der Waals surface area contributed by atoms with E-state index in [2.05, 4.69) is 6.07 Å². The lowest BCUT2D eigenvalue weighted by Gasteiger charge is -2.23. The van der Waals surface area contributed by atoms with Gasteiger partial charge in [0, 0.05) is 24.2 Å². The maximum atomic E-state index is 12.9. The summed E-state index contributed by atoms with van der Waals surface area (Å²) in [5.74, 6) is -0.680. The van der Waals surface area contributed by atoms with Crippen molar-refractivity contribution in [1.82, 2.24) is 0 Å². The van der Waals surface area contributed by atoms with Crippen LogP contribution in [0.25, 0.3) is 0 Å². The molecule has 5 nitrogen and oxygen atoms in total. The van der Waals surface area contributed by atoms with Crippen LogP contribution in [0.2, 0.25) is 0 Å². The van der Waals surface area contributed by atoms with Crippen LogP contribution in [0, 0.1) is 18.3 Å². The number of benzene rings is 2. The fourth-order valence-corrected chi connectivity index (χ4v) is 2.43. The van der Waals surface area contributed by atoms with Gasteiger partial charge in [-0.05, 0) is 42.3 Å². The van der Waals surface area contributed by atoms with Crippen molar-refractivity contribution in [3.8, 4) is 6.07 Å². The molecule has 2 aromatic rings. The van der Waals surface area contributed by atoms with Crippen LogP contribution in [0.15, 0.2) is 48.5 Å². The van der Waals surface area contributed by atoms with E-state index in [0.717, 1.165) is 11.1 Å². The lowest BCUT2D eigenvalue weighted by atomic mass is 10.1. The zero-order chi connectivity index (χ0) is 17.5. The van der Waals surface area contributed by atoms with Crippen LogP contribution in [0.5, 0.6) is 0 Å². The van der Waals surface area contributed by atoms with Crippen molar-refractivity contribution in [3.05, 3.63) is 65.2 Å². The first-order valence-corrected chi connectivity index (χ1v) is 7.64. The maximum absolute atomic E-state index is 12.9. The van der Waals surface area contributed by atoms with Crippen molar-refractivity contribution in [3.63, 3.8) is 0 Å². The summed E-state index contributed by atoms with van der Waals surface area (Å²) in [4.78, 5) is 25.6. The third-order valence-electron chi connectivity index (χ3n) is 3.60. The zero-order valence-corrected chi connectivity index (χ0v) is 13.5. The predicted molar refractivity (Wildman–Crippen MR) is 92.4 cm³/mol. The van der Waals surface area contributed by atoms with Crippen LogP contribution >= 0.6 is 0 Å². The van der Waals surface area contributed by atoms with Gasteiger partial charge in [-0.1, -0.05) is 24.3 Å². The standard InChI is InChI=1S/C19H19N3O2/c1-14-4-2-7-17(12-14)22(11-9-18(21)23)19(24)16-6-3-5-15(13-16)8-10-20/h2-7,12-13H,8-9,11H2,1H3,(H2,21,23). The van der Waals surface area contributed by atoms with Crippen molar-refractivity contribution >= 4 is 17.5 Å². The fourth-order valence-electron chi connectivity index (χ4n) is 2.43. The number of aryl methyl sites for hydroxylation is 1. The van der Waals surface area contributed by atoms with Crippen LogP contribution in [0.4, 0.5) is 5.69 Å². The van der Waals surface area contributed by atoms with Gasteiger partial charge in [0.15, 0.2) is 0 Å². The molecule has 0 spiro atoms. The number of carbonyl (C=O) groups excluding carboxylic acids is 2. The SMILES string of the molecule is Cc1cccc(N(CCC(N)=O)C(=O)c2cccc(CC#N)c2)c1. The molecule has 0 aliphatic carbocycles. The Balaban J connectivity index is 2.35. The monoisotopic (exact) mass is 321 g/mol. The molecule has 0 atom stereocenters. The van der Waals surface area contributed by atoms with Gasteiger partial charge in [0.2, 0.25) is 5.91 Å². The highest BCUT2D eigenvalue weighted by atomic mass is 16.2. The van der Waals surface area contributed by atoms with Gasteiger partial charge in [0.25, 0.3) is 5.91 Å². The van der Waals surface area contributed by atoms with Crippen molar-refractivity contribution in [1.29, 1.82) is 5.26 Å². The molecule has 0 aliphatic heterocycles. The van der Waals surface area contributed by atoms with E-state index >= 15 is 0 Å². The summed E-state index contributed by atoms with van der Waals surface area (Å²) in [5.41, 5.74) is 8.23.